The number of hydrazone groups is 1. The highest BCUT2D eigenvalue weighted by molar-refractivity contribution is 5.97. The molecule has 0 saturated heterocycles. The number of allylic oxidation sites excluding steroid dienone is 4. The van der Waals surface area contributed by atoms with Crippen LogP contribution in [0.15, 0.2) is 52.7 Å². The highest BCUT2D eigenvalue weighted by atomic mass is 16.6. The molecule has 1 amide bonds. The maximum Gasteiger partial charge on any atom is 0.271 e. The molecule has 1 aliphatic carbocycles. The second kappa shape index (κ2) is 8.08. The average Bonchev–Trinajstić information content (AvgIpc) is 2.58. The molecule has 1 aromatic rings. The first-order chi connectivity index (χ1) is 12.2. The van der Waals surface area contributed by atoms with Crippen molar-refractivity contribution in [3.05, 3.63) is 63.2 Å². The van der Waals surface area contributed by atoms with Gasteiger partial charge in [0.1, 0.15) is 0 Å². The largest absolute Gasteiger partial charge is 0.271 e. The molecule has 6 nitrogen and oxygen atoms in total. The Morgan fingerprint density at radius 3 is 2.54 bits per heavy atom. The number of benzene rings is 1. The molecule has 1 N–H and O–H groups in total. The lowest BCUT2D eigenvalue weighted by atomic mass is 9.72. The van der Waals surface area contributed by atoms with Crippen molar-refractivity contribution >= 4 is 17.3 Å². The van der Waals surface area contributed by atoms with Gasteiger partial charge in [-0.3, -0.25) is 14.9 Å². The summed E-state index contributed by atoms with van der Waals surface area (Å²) in [6.07, 6.45) is 7.50. The van der Waals surface area contributed by atoms with Gasteiger partial charge in [-0.2, -0.15) is 5.10 Å². The summed E-state index contributed by atoms with van der Waals surface area (Å²) in [5.74, 6) is -0.402. The van der Waals surface area contributed by atoms with Gasteiger partial charge in [0.2, 0.25) is 0 Å². The molecule has 138 valence electrons. The summed E-state index contributed by atoms with van der Waals surface area (Å²) in [7, 11) is 0. The topological polar surface area (TPSA) is 84.6 Å². The molecule has 0 aliphatic heterocycles. The fourth-order valence-corrected chi connectivity index (χ4v) is 3.19. The summed E-state index contributed by atoms with van der Waals surface area (Å²) in [5, 5.41) is 14.7. The van der Waals surface area contributed by atoms with E-state index in [2.05, 4.69) is 37.4 Å². The number of carbonyl (C=O) groups excluding carboxylic acids is 1. The Morgan fingerprint density at radius 1 is 1.31 bits per heavy atom. The molecule has 0 bridgehead atoms. The third kappa shape index (κ3) is 4.88. The van der Waals surface area contributed by atoms with Crippen molar-refractivity contribution in [1.29, 1.82) is 0 Å². The number of nitro benzene ring substituents is 1. The lowest BCUT2D eigenvalue weighted by Gasteiger charge is -2.32. The zero-order valence-corrected chi connectivity index (χ0v) is 15.7. The van der Waals surface area contributed by atoms with E-state index in [1.807, 2.05) is 13.0 Å². The maximum absolute atomic E-state index is 12.1. The first-order valence-electron chi connectivity index (χ1n) is 8.68. The second-order valence-corrected chi connectivity index (χ2v) is 7.26. The van der Waals surface area contributed by atoms with Gasteiger partial charge in [0, 0.05) is 17.7 Å². The summed E-state index contributed by atoms with van der Waals surface area (Å²) in [4.78, 5) is 22.2. The van der Waals surface area contributed by atoms with E-state index in [-0.39, 0.29) is 11.1 Å². The molecule has 0 saturated carbocycles. The van der Waals surface area contributed by atoms with Crippen LogP contribution in [0.3, 0.4) is 0 Å². The number of carbonyl (C=O) groups is 1. The van der Waals surface area contributed by atoms with E-state index < -0.39 is 10.8 Å². The number of hydrogen-bond donors (Lipinski definition) is 1. The Hall–Kier alpha value is -2.76. The molecule has 0 heterocycles. The van der Waals surface area contributed by atoms with Crippen LogP contribution in [0.25, 0.3) is 0 Å². The minimum atomic E-state index is -0.502. The molecule has 26 heavy (non-hydrogen) atoms. The Kier molecular flexibility index (Phi) is 6.08. The molecular weight excluding hydrogens is 330 g/mol. The number of nitrogens with one attached hydrogen (secondary N) is 1. The highest BCUT2D eigenvalue weighted by Crippen LogP contribution is 2.40. The van der Waals surface area contributed by atoms with Crippen LogP contribution in [-0.4, -0.2) is 16.5 Å². The van der Waals surface area contributed by atoms with Gasteiger partial charge >= 0.3 is 0 Å². The highest BCUT2D eigenvalue weighted by Gasteiger charge is 2.26. The summed E-state index contributed by atoms with van der Waals surface area (Å²) in [6, 6.07) is 5.41. The number of rotatable bonds is 5. The third-order valence-corrected chi connectivity index (χ3v) is 4.71. The van der Waals surface area contributed by atoms with Crippen molar-refractivity contribution < 1.29 is 9.72 Å². The van der Waals surface area contributed by atoms with Crippen molar-refractivity contribution in [2.75, 3.05) is 0 Å². The summed E-state index contributed by atoms with van der Waals surface area (Å²) >= 11 is 0. The minimum Gasteiger partial charge on any atom is -0.267 e. The maximum atomic E-state index is 12.1. The van der Waals surface area contributed by atoms with Gasteiger partial charge in [0.05, 0.1) is 10.6 Å². The number of hydrogen-bond acceptors (Lipinski definition) is 4. The molecule has 0 fully saturated rings. The Labute approximate surface area is 153 Å². The summed E-state index contributed by atoms with van der Waals surface area (Å²) in [5.41, 5.74) is 6.32. The van der Waals surface area contributed by atoms with Gasteiger partial charge < -0.3 is 0 Å². The normalized spacial score (nSPS) is 17.5. The van der Waals surface area contributed by atoms with E-state index in [4.69, 9.17) is 0 Å². The molecule has 1 aromatic carbocycles. The van der Waals surface area contributed by atoms with Crippen molar-refractivity contribution in [3.63, 3.8) is 0 Å². The van der Waals surface area contributed by atoms with Crippen molar-refractivity contribution in [2.45, 2.75) is 47.0 Å². The van der Waals surface area contributed by atoms with E-state index >= 15 is 0 Å². The summed E-state index contributed by atoms with van der Waals surface area (Å²) < 4.78 is 0. The van der Waals surface area contributed by atoms with Crippen molar-refractivity contribution in [2.24, 2.45) is 10.5 Å². The SMILES string of the molecule is CC1=C(/C=C/C(C)=N\NC(=O)c2ccc([N+](=O)[O-])cc2)C(C)(C)CCC1. The molecule has 0 unspecified atom stereocenters. The molecule has 0 radical (unpaired) electrons. The molecule has 1 aliphatic rings. The lowest BCUT2D eigenvalue weighted by Crippen LogP contribution is -2.20. The molecule has 0 aromatic heterocycles. The molecule has 0 atom stereocenters. The van der Waals surface area contributed by atoms with Crippen LogP contribution in [0.4, 0.5) is 5.69 Å². The number of nitrogens with zero attached hydrogens (tertiary/aromatic N) is 2. The quantitative estimate of drug-likeness (QED) is 0.468. The molecular formula is C20H25N3O3. The van der Waals surface area contributed by atoms with Crippen molar-refractivity contribution in [1.82, 2.24) is 5.43 Å². The van der Waals surface area contributed by atoms with Crippen LogP contribution in [0.1, 0.15) is 57.3 Å². The van der Waals surface area contributed by atoms with E-state index in [1.165, 1.54) is 41.8 Å². The van der Waals surface area contributed by atoms with Crippen LogP contribution in [0.5, 0.6) is 0 Å². The smallest absolute Gasteiger partial charge is 0.267 e. The molecule has 6 heteroatoms. The van der Waals surface area contributed by atoms with Gasteiger partial charge in [-0.25, -0.2) is 5.43 Å². The first kappa shape index (κ1) is 19.6. The standard InChI is InChI=1S/C20H25N3O3/c1-14-6-5-13-20(3,4)18(14)12-7-15(2)21-22-19(24)16-8-10-17(11-9-16)23(25)26/h7-12H,5-6,13H2,1-4H3,(H,22,24)/b12-7+,21-15-. The number of nitro groups is 1. The first-order valence-corrected chi connectivity index (χ1v) is 8.68. The number of amides is 1. The van der Waals surface area contributed by atoms with Gasteiger partial charge in [-0.15, -0.1) is 0 Å². The van der Waals surface area contributed by atoms with Crippen LogP contribution in [-0.2, 0) is 0 Å². The minimum absolute atomic E-state index is 0.0529. The van der Waals surface area contributed by atoms with Gasteiger partial charge in [0.25, 0.3) is 11.6 Å². The number of non-ortho nitro benzene ring substituents is 1. The zero-order valence-electron chi connectivity index (χ0n) is 15.7. The van der Waals surface area contributed by atoms with Crippen molar-refractivity contribution in [3.8, 4) is 0 Å². The van der Waals surface area contributed by atoms with Crippen LogP contribution < -0.4 is 5.43 Å². The van der Waals surface area contributed by atoms with Gasteiger partial charge in [-0.05, 0) is 62.3 Å². The lowest BCUT2D eigenvalue weighted by molar-refractivity contribution is -0.384. The molecule has 2 rings (SSSR count). The summed E-state index contributed by atoms with van der Waals surface area (Å²) in [6.45, 7) is 8.48. The Morgan fingerprint density at radius 2 is 1.96 bits per heavy atom. The predicted octanol–water partition coefficient (Wildman–Crippen LogP) is 4.78. The average molecular weight is 355 g/mol. The van der Waals surface area contributed by atoms with E-state index in [1.54, 1.807) is 0 Å². The second-order valence-electron chi connectivity index (χ2n) is 7.26. The van der Waals surface area contributed by atoms with E-state index in [9.17, 15) is 14.9 Å². The fourth-order valence-electron chi connectivity index (χ4n) is 3.19. The monoisotopic (exact) mass is 355 g/mol. The van der Waals surface area contributed by atoms with Gasteiger partial charge in [-0.1, -0.05) is 25.5 Å². The van der Waals surface area contributed by atoms with Crippen LogP contribution in [0, 0.1) is 15.5 Å². The van der Waals surface area contributed by atoms with E-state index in [0.717, 1.165) is 12.8 Å². The predicted molar refractivity (Wildman–Crippen MR) is 103 cm³/mol. The van der Waals surface area contributed by atoms with Crippen LogP contribution >= 0.6 is 0 Å². The molecule has 0 spiro atoms. The fraction of sp³-hybridized carbons (Fsp3) is 0.400. The third-order valence-electron chi connectivity index (χ3n) is 4.71. The van der Waals surface area contributed by atoms with E-state index in [0.29, 0.717) is 11.3 Å². The Bertz CT molecular complexity index is 787. The Balaban J connectivity index is 2.03. The zero-order chi connectivity index (χ0) is 19.3. The van der Waals surface area contributed by atoms with Crippen LogP contribution in [0.2, 0.25) is 0 Å². The van der Waals surface area contributed by atoms with Gasteiger partial charge in [0.15, 0.2) is 0 Å².